The van der Waals surface area contributed by atoms with Gasteiger partial charge in [0.15, 0.2) is 0 Å². The van der Waals surface area contributed by atoms with E-state index in [1.807, 2.05) is 72.8 Å². The van der Waals surface area contributed by atoms with E-state index in [-0.39, 0.29) is 18.9 Å². The van der Waals surface area contributed by atoms with E-state index in [4.69, 9.17) is 4.74 Å². The number of anilines is 2. The van der Waals surface area contributed by atoms with E-state index in [2.05, 4.69) is 65.1 Å². The van der Waals surface area contributed by atoms with Gasteiger partial charge in [-0.05, 0) is 80.8 Å². The maximum atomic E-state index is 12.9. The molecule has 1 atom stereocenters. The van der Waals surface area contributed by atoms with E-state index in [0.717, 1.165) is 23.8 Å². The molecule has 8 heteroatoms. The summed E-state index contributed by atoms with van der Waals surface area (Å²) < 4.78 is 8.25. The molecule has 3 rings (SSSR count). The molecule has 0 aliphatic rings. The van der Waals surface area contributed by atoms with E-state index in [1.165, 1.54) is 6.08 Å². The molecule has 3 aromatic rings. The average Bonchev–Trinajstić information content (AvgIpc) is 2.81. The highest BCUT2D eigenvalue weighted by molar-refractivity contribution is 14.1. The van der Waals surface area contributed by atoms with Gasteiger partial charge in [0.2, 0.25) is 5.91 Å². The molecular weight excluding hydrogens is 663 g/mol. The van der Waals surface area contributed by atoms with Crippen LogP contribution < -0.4 is 10.6 Å². The fourth-order valence-corrected chi connectivity index (χ4v) is 4.60. The van der Waals surface area contributed by atoms with Gasteiger partial charge in [0.05, 0.1) is 9.26 Å². The minimum atomic E-state index is -0.677. The van der Waals surface area contributed by atoms with Gasteiger partial charge in [0.25, 0.3) is 0 Å². The lowest BCUT2D eigenvalue weighted by atomic mass is 10.1. The lowest BCUT2D eigenvalue weighted by molar-refractivity contribution is -0.145. The second-order valence-corrected chi connectivity index (χ2v) is 9.88. The SMILES string of the molecule is O=C(/C=C/CC(Nc1cc(Br)cc(Br)c1I)C(=O)OCc1ccccc1)Nc1ccccc1. The summed E-state index contributed by atoms with van der Waals surface area (Å²) in [4.78, 5) is 25.2. The summed E-state index contributed by atoms with van der Waals surface area (Å²) in [7, 11) is 0. The number of carbonyl (C=O) groups is 2. The molecule has 0 aliphatic heterocycles. The minimum absolute atomic E-state index is 0.176. The van der Waals surface area contributed by atoms with E-state index in [9.17, 15) is 9.59 Å². The first kappa shape index (κ1) is 25.5. The van der Waals surface area contributed by atoms with Gasteiger partial charge in [0, 0.05) is 14.6 Å². The standard InChI is InChI=1S/C25H21Br2IN2O3/c26-18-14-20(27)24(28)22(15-18)30-21(25(32)33-16-17-8-3-1-4-9-17)12-7-13-23(31)29-19-10-5-2-6-11-19/h1-11,13-15,21,30H,12,16H2,(H,29,31)/b13-7+. The lowest BCUT2D eigenvalue weighted by Gasteiger charge is -2.19. The van der Waals surface area contributed by atoms with Gasteiger partial charge in [0.1, 0.15) is 12.6 Å². The number of ether oxygens (including phenoxy) is 1. The summed E-state index contributed by atoms with van der Waals surface area (Å²) >= 11 is 9.22. The molecule has 0 heterocycles. The van der Waals surface area contributed by atoms with E-state index in [0.29, 0.717) is 5.69 Å². The van der Waals surface area contributed by atoms with Crippen molar-refractivity contribution in [3.63, 3.8) is 0 Å². The third-order valence-electron chi connectivity index (χ3n) is 4.51. The quantitative estimate of drug-likeness (QED) is 0.111. The Labute approximate surface area is 223 Å². The molecule has 0 saturated heterocycles. The zero-order valence-corrected chi connectivity index (χ0v) is 22.8. The molecule has 0 spiro atoms. The predicted molar refractivity (Wildman–Crippen MR) is 147 cm³/mol. The Bertz CT molecular complexity index is 1130. The molecular formula is C25H21Br2IN2O3. The maximum Gasteiger partial charge on any atom is 0.329 e. The third-order valence-corrected chi connectivity index (χ3v) is 7.50. The van der Waals surface area contributed by atoms with Crippen molar-refractivity contribution >= 4 is 77.7 Å². The van der Waals surface area contributed by atoms with Gasteiger partial charge >= 0.3 is 5.97 Å². The maximum absolute atomic E-state index is 12.9. The summed E-state index contributed by atoms with van der Waals surface area (Å²) in [5.74, 6) is -0.670. The number of rotatable bonds is 9. The number of para-hydroxylation sites is 1. The molecule has 3 aromatic carbocycles. The Kier molecular flexibility index (Phi) is 9.95. The molecule has 0 aromatic heterocycles. The topological polar surface area (TPSA) is 67.4 Å². The highest BCUT2D eigenvalue weighted by Gasteiger charge is 2.21. The minimum Gasteiger partial charge on any atom is -0.459 e. The first-order valence-electron chi connectivity index (χ1n) is 10.1. The normalized spacial score (nSPS) is 11.7. The molecule has 1 amide bonds. The number of hydrogen-bond acceptors (Lipinski definition) is 4. The van der Waals surface area contributed by atoms with Crippen LogP contribution in [0.5, 0.6) is 0 Å². The molecule has 0 saturated carbocycles. The molecule has 1 unspecified atom stereocenters. The van der Waals surface area contributed by atoms with Crippen LogP contribution in [-0.4, -0.2) is 17.9 Å². The molecule has 2 N–H and O–H groups in total. The van der Waals surface area contributed by atoms with Crippen LogP contribution in [-0.2, 0) is 20.9 Å². The Balaban J connectivity index is 1.70. The Morgan fingerprint density at radius 2 is 1.67 bits per heavy atom. The summed E-state index contributed by atoms with van der Waals surface area (Å²) in [5.41, 5.74) is 2.39. The number of hydrogen-bond donors (Lipinski definition) is 2. The van der Waals surface area contributed by atoms with Crippen LogP contribution in [0, 0.1) is 3.57 Å². The highest BCUT2D eigenvalue weighted by Crippen LogP contribution is 2.31. The van der Waals surface area contributed by atoms with Crippen LogP contribution in [0.25, 0.3) is 0 Å². The highest BCUT2D eigenvalue weighted by atomic mass is 127. The second kappa shape index (κ2) is 12.9. The first-order valence-corrected chi connectivity index (χ1v) is 12.7. The predicted octanol–water partition coefficient (Wildman–Crippen LogP) is 6.93. The molecule has 33 heavy (non-hydrogen) atoms. The third kappa shape index (κ3) is 8.28. The van der Waals surface area contributed by atoms with Crippen molar-refractivity contribution in [2.75, 3.05) is 10.6 Å². The van der Waals surface area contributed by atoms with Crippen LogP contribution in [0.15, 0.2) is 93.9 Å². The van der Waals surface area contributed by atoms with Gasteiger partial charge in [-0.3, -0.25) is 4.79 Å². The van der Waals surface area contributed by atoms with Gasteiger partial charge in [-0.1, -0.05) is 70.5 Å². The van der Waals surface area contributed by atoms with Crippen LogP contribution >= 0.6 is 54.5 Å². The summed E-state index contributed by atoms with van der Waals surface area (Å²) in [6.45, 7) is 0.176. The van der Waals surface area contributed by atoms with Crippen LogP contribution in [0.2, 0.25) is 0 Å². The van der Waals surface area contributed by atoms with Crippen molar-refractivity contribution in [2.45, 2.75) is 19.1 Å². The van der Waals surface area contributed by atoms with Crippen molar-refractivity contribution < 1.29 is 14.3 Å². The summed E-state index contributed by atoms with van der Waals surface area (Å²) in [5, 5.41) is 6.05. The van der Waals surface area contributed by atoms with Crippen molar-refractivity contribution in [3.8, 4) is 0 Å². The van der Waals surface area contributed by atoms with Crippen molar-refractivity contribution in [2.24, 2.45) is 0 Å². The van der Waals surface area contributed by atoms with Crippen molar-refractivity contribution in [1.29, 1.82) is 0 Å². The molecule has 0 fully saturated rings. The number of amides is 1. The monoisotopic (exact) mass is 682 g/mol. The van der Waals surface area contributed by atoms with Crippen LogP contribution in [0.3, 0.4) is 0 Å². The van der Waals surface area contributed by atoms with Crippen LogP contribution in [0.4, 0.5) is 11.4 Å². The van der Waals surface area contributed by atoms with E-state index >= 15 is 0 Å². The number of nitrogens with one attached hydrogen (secondary N) is 2. The van der Waals surface area contributed by atoms with Crippen molar-refractivity contribution in [3.05, 3.63) is 103 Å². The number of halogens is 3. The molecule has 0 radical (unpaired) electrons. The zero-order valence-electron chi connectivity index (χ0n) is 17.4. The largest absolute Gasteiger partial charge is 0.459 e. The Morgan fingerprint density at radius 1 is 1.00 bits per heavy atom. The molecule has 0 bridgehead atoms. The zero-order chi connectivity index (χ0) is 23.6. The van der Waals surface area contributed by atoms with Gasteiger partial charge in [-0.25, -0.2) is 4.79 Å². The molecule has 0 aliphatic carbocycles. The van der Waals surface area contributed by atoms with Gasteiger partial charge in [-0.2, -0.15) is 0 Å². The fraction of sp³-hybridized carbons (Fsp3) is 0.120. The van der Waals surface area contributed by atoms with Crippen LogP contribution in [0.1, 0.15) is 12.0 Å². The summed E-state index contributed by atoms with van der Waals surface area (Å²) in [6.07, 6.45) is 3.36. The molecule has 170 valence electrons. The van der Waals surface area contributed by atoms with E-state index < -0.39 is 12.0 Å². The smallest absolute Gasteiger partial charge is 0.329 e. The van der Waals surface area contributed by atoms with Gasteiger partial charge < -0.3 is 15.4 Å². The number of benzene rings is 3. The van der Waals surface area contributed by atoms with Crippen molar-refractivity contribution in [1.82, 2.24) is 0 Å². The second-order valence-electron chi connectivity index (χ2n) is 7.03. The number of esters is 1. The lowest BCUT2D eigenvalue weighted by Crippen LogP contribution is -2.31. The molecule has 5 nitrogen and oxygen atoms in total. The average molecular weight is 684 g/mol. The fourth-order valence-electron chi connectivity index (χ4n) is 2.91. The number of carbonyl (C=O) groups excluding carboxylic acids is 2. The Hall–Kier alpha value is -2.17. The summed E-state index contributed by atoms with van der Waals surface area (Å²) in [6, 6.07) is 21.9. The van der Waals surface area contributed by atoms with Gasteiger partial charge in [-0.15, -0.1) is 0 Å². The Morgan fingerprint density at radius 3 is 2.36 bits per heavy atom. The van der Waals surface area contributed by atoms with E-state index in [1.54, 1.807) is 6.08 Å². The first-order chi connectivity index (χ1) is 15.9.